The van der Waals surface area contributed by atoms with Crippen LogP contribution in [-0.2, 0) is 9.59 Å². The first-order valence-corrected chi connectivity index (χ1v) is 8.29. The van der Waals surface area contributed by atoms with E-state index < -0.39 is 5.54 Å². The normalized spacial score (nSPS) is 22.1. The molecule has 0 unspecified atom stereocenters. The fourth-order valence-corrected chi connectivity index (χ4v) is 3.62. The lowest BCUT2D eigenvalue weighted by molar-refractivity contribution is -0.156. The molecule has 0 bridgehead atoms. The van der Waals surface area contributed by atoms with Crippen LogP contribution in [0.3, 0.4) is 0 Å². The molecule has 2 aliphatic rings. The number of rotatable bonds is 6. The molecule has 2 amide bonds. The van der Waals surface area contributed by atoms with E-state index in [1.54, 1.807) is 0 Å². The van der Waals surface area contributed by atoms with Gasteiger partial charge >= 0.3 is 0 Å². The van der Waals surface area contributed by atoms with E-state index >= 15 is 0 Å². The van der Waals surface area contributed by atoms with Gasteiger partial charge in [-0.2, -0.15) is 0 Å². The number of nitrogens with one attached hydrogen (secondary N) is 1. The summed E-state index contributed by atoms with van der Waals surface area (Å²) < 4.78 is 0. The van der Waals surface area contributed by atoms with Crippen molar-refractivity contribution >= 4 is 11.8 Å². The molecule has 1 aliphatic carbocycles. The Morgan fingerprint density at radius 3 is 2.45 bits per heavy atom. The zero-order valence-corrected chi connectivity index (χ0v) is 12.7. The third-order valence-electron chi connectivity index (χ3n) is 4.81. The van der Waals surface area contributed by atoms with Crippen LogP contribution in [0.5, 0.6) is 0 Å². The third kappa shape index (κ3) is 3.15. The Kier molecular flexibility index (Phi) is 5.44. The lowest BCUT2D eigenvalue weighted by Gasteiger charge is -2.48. The molecule has 1 heterocycles. The molecular formula is C16H28N2O2. The quantitative estimate of drug-likeness (QED) is 0.760. The summed E-state index contributed by atoms with van der Waals surface area (Å²) in [5.41, 5.74) is -0.516. The average Bonchev–Trinajstić information content (AvgIpc) is 2.47. The van der Waals surface area contributed by atoms with E-state index in [2.05, 4.69) is 12.2 Å². The molecule has 0 aromatic carbocycles. The highest BCUT2D eigenvalue weighted by Gasteiger charge is 2.49. The molecule has 0 radical (unpaired) electrons. The number of carbonyl (C=O) groups is 2. The molecule has 1 N–H and O–H groups in total. The number of hydrogen-bond acceptors (Lipinski definition) is 2. The lowest BCUT2D eigenvalue weighted by Crippen LogP contribution is -2.67. The topological polar surface area (TPSA) is 49.4 Å². The number of nitrogens with zero attached hydrogens (tertiary/aromatic N) is 1. The van der Waals surface area contributed by atoms with Crippen molar-refractivity contribution in [3.63, 3.8) is 0 Å². The van der Waals surface area contributed by atoms with Gasteiger partial charge < -0.3 is 10.2 Å². The zero-order chi connectivity index (χ0) is 14.4. The molecule has 1 spiro atoms. The predicted octanol–water partition coefficient (Wildman–Crippen LogP) is 2.62. The van der Waals surface area contributed by atoms with Crippen LogP contribution in [0.2, 0.25) is 0 Å². The largest absolute Gasteiger partial charge is 0.345 e. The van der Waals surface area contributed by atoms with Crippen molar-refractivity contribution in [1.29, 1.82) is 0 Å². The van der Waals surface area contributed by atoms with Crippen molar-refractivity contribution in [2.75, 3.05) is 13.1 Å². The van der Waals surface area contributed by atoms with Crippen LogP contribution < -0.4 is 5.32 Å². The second-order valence-corrected chi connectivity index (χ2v) is 6.23. The van der Waals surface area contributed by atoms with Gasteiger partial charge in [-0.05, 0) is 19.3 Å². The molecule has 4 heteroatoms. The molecule has 0 atom stereocenters. The molecule has 0 aromatic rings. The van der Waals surface area contributed by atoms with E-state index in [0.717, 1.165) is 45.1 Å². The SMILES string of the molecule is CCCCCCCN1C(=O)CNC(=O)C12CCCCC2. The molecule has 114 valence electrons. The zero-order valence-electron chi connectivity index (χ0n) is 12.7. The molecule has 2 fully saturated rings. The maximum atomic E-state index is 12.4. The van der Waals surface area contributed by atoms with Crippen LogP contribution in [0.1, 0.15) is 71.1 Å². The summed E-state index contributed by atoms with van der Waals surface area (Å²) in [6, 6.07) is 0. The minimum absolute atomic E-state index is 0.0883. The van der Waals surface area contributed by atoms with Crippen molar-refractivity contribution in [2.24, 2.45) is 0 Å². The molecular weight excluding hydrogens is 252 g/mol. The summed E-state index contributed by atoms with van der Waals surface area (Å²) in [5, 5.41) is 2.80. The summed E-state index contributed by atoms with van der Waals surface area (Å²) in [7, 11) is 0. The number of amides is 2. The number of hydrogen-bond donors (Lipinski definition) is 1. The van der Waals surface area contributed by atoms with Crippen molar-refractivity contribution in [3.8, 4) is 0 Å². The van der Waals surface area contributed by atoms with E-state index in [9.17, 15) is 9.59 Å². The Morgan fingerprint density at radius 2 is 1.75 bits per heavy atom. The van der Waals surface area contributed by atoms with Gasteiger partial charge in [-0.3, -0.25) is 9.59 Å². The van der Waals surface area contributed by atoms with Crippen LogP contribution in [0.4, 0.5) is 0 Å². The van der Waals surface area contributed by atoms with Gasteiger partial charge in [-0.25, -0.2) is 0 Å². The first-order chi connectivity index (χ1) is 9.70. The van der Waals surface area contributed by atoms with Crippen LogP contribution in [0.15, 0.2) is 0 Å². The van der Waals surface area contributed by atoms with Gasteiger partial charge in [0.15, 0.2) is 0 Å². The molecule has 1 saturated heterocycles. The Bertz CT molecular complexity index is 348. The highest BCUT2D eigenvalue weighted by Crippen LogP contribution is 2.35. The van der Waals surface area contributed by atoms with Gasteiger partial charge in [-0.15, -0.1) is 0 Å². The molecule has 1 aliphatic heterocycles. The summed E-state index contributed by atoms with van der Waals surface area (Å²) in [4.78, 5) is 26.5. The highest BCUT2D eigenvalue weighted by molar-refractivity contribution is 5.98. The fourth-order valence-electron chi connectivity index (χ4n) is 3.62. The molecule has 4 nitrogen and oxygen atoms in total. The smallest absolute Gasteiger partial charge is 0.246 e. The minimum Gasteiger partial charge on any atom is -0.345 e. The monoisotopic (exact) mass is 280 g/mol. The van der Waals surface area contributed by atoms with Crippen molar-refractivity contribution < 1.29 is 9.59 Å². The lowest BCUT2D eigenvalue weighted by atomic mass is 9.78. The first-order valence-electron chi connectivity index (χ1n) is 8.29. The van der Waals surface area contributed by atoms with Gasteiger partial charge in [-0.1, -0.05) is 51.9 Å². The standard InChI is InChI=1S/C16H28N2O2/c1-2-3-4-5-9-12-18-14(19)13-17-15(20)16(18)10-7-6-8-11-16/h2-13H2,1H3,(H,17,20). The number of unbranched alkanes of at least 4 members (excludes halogenated alkanes) is 4. The van der Waals surface area contributed by atoms with Gasteiger partial charge in [0, 0.05) is 6.54 Å². The molecule has 1 saturated carbocycles. The molecule has 0 aromatic heterocycles. The minimum atomic E-state index is -0.516. The Balaban J connectivity index is 1.97. The summed E-state index contributed by atoms with van der Waals surface area (Å²) in [6.45, 7) is 3.15. The van der Waals surface area contributed by atoms with Gasteiger partial charge in [0.2, 0.25) is 11.8 Å². The van der Waals surface area contributed by atoms with E-state index in [1.165, 1.54) is 25.7 Å². The third-order valence-corrected chi connectivity index (χ3v) is 4.81. The Labute approximate surface area is 122 Å². The van der Waals surface area contributed by atoms with E-state index in [4.69, 9.17) is 0 Å². The van der Waals surface area contributed by atoms with Crippen molar-refractivity contribution in [2.45, 2.75) is 76.7 Å². The van der Waals surface area contributed by atoms with Crippen molar-refractivity contribution in [3.05, 3.63) is 0 Å². The number of carbonyl (C=O) groups excluding carboxylic acids is 2. The summed E-state index contributed by atoms with van der Waals surface area (Å²) in [5.74, 6) is 0.201. The summed E-state index contributed by atoms with van der Waals surface area (Å²) >= 11 is 0. The number of piperazine rings is 1. The predicted molar refractivity (Wildman–Crippen MR) is 79.3 cm³/mol. The average molecular weight is 280 g/mol. The molecule has 2 rings (SSSR count). The van der Waals surface area contributed by atoms with Crippen LogP contribution in [-0.4, -0.2) is 35.3 Å². The summed E-state index contributed by atoms with van der Waals surface area (Å²) in [6.07, 6.45) is 10.9. The van der Waals surface area contributed by atoms with Gasteiger partial charge in [0.05, 0.1) is 6.54 Å². The second-order valence-electron chi connectivity index (χ2n) is 6.23. The second kappa shape index (κ2) is 7.09. The maximum Gasteiger partial charge on any atom is 0.246 e. The first kappa shape index (κ1) is 15.3. The fraction of sp³-hybridized carbons (Fsp3) is 0.875. The van der Waals surface area contributed by atoms with Gasteiger partial charge in [0.1, 0.15) is 5.54 Å². The highest BCUT2D eigenvalue weighted by atomic mass is 16.2. The maximum absolute atomic E-state index is 12.4. The van der Waals surface area contributed by atoms with Gasteiger partial charge in [0.25, 0.3) is 0 Å². The van der Waals surface area contributed by atoms with Crippen LogP contribution in [0, 0.1) is 0 Å². The van der Waals surface area contributed by atoms with Crippen molar-refractivity contribution in [1.82, 2.24) is 10.2 Å². The Morgan fingerprint density at radius 1 is 1.05 bits per heavy atom. The van der Waals surface area contributed by atoms with Crippen LogP contribution >= 0.6 is 0 Å². The van der Waals surface area contributed by atoms with E-state index in [1.807, 2.05) is 4.90 Å². The van der Waals surface area contributed by atoms with Crippen LogP contribution in [0.25, 0.3) is 0 Å². The molecule has 20 heavy (non-hydrogen) atoms. The van der Waals surface area contributed by atoms with E-state index in [-0.39, 0.29) is 18.4 Å². The Hall–Kier alpha value is -1.06. The van der Waals surface area contributed by atoms with E-state index in [0.29, 0.717) is 0 Å².